The molecule has 0 spiro atoms. The van der Waals surface area contributed by atoms with Crippen molar-refractivity contribution in [3.8, 4) is 0 Å². The highest BCUT2D eigenvalue weighted by molar-refractivity contribution is 5.77. The van der Waals surface area contributed by atoms with E-state index in [0.29, 0.717) is 16.9 Å². The van der Waals surface area contributed by atoms with Gasteiger partial charge in [-0.2, -0.15) is 4.98 Å². The SMILES string of the molecule is CCCCNc1nc2ccccc2c(=O)o1. The molecule has 0 fully saturated rings. The smallest absolute Gasteiger partial charge is 0.348 e. The van der Waals surface area contributed by atoms with Gasteiger partial charge in [0.15, 0.2) is 0 Å². The number of unbranched alkanes of at least 4 members (excludes halogenated alkanes) is 1. The Balaban J connectivity index is 2.31. The Hall–Kier alpha value is -1.84. The van der Waals surface area contributed by atoms with Crippen LogP contribution in [-0.2, 0) is 0 Å². The summed E-state index contributed by atoms with van der Waals surface area (Å²) < 4.78 is 5.06. The van der Waals surface area contributed by atoms with Gasteiger partial charge in [0, 0.05) is 6.54 Å². The summed E-state index contributed by atoms with van der Waals surface area (Å²) in [6.07, 6.45) is 2.11. The molecule has 0 saturated carbocycles. The molecular weight excluding hydrogens is 204 g/mol. The van der Waals surface area contributed by atoms with E-state index in [-0.39, 0.29) is 5.63 Å². The molecule has 2 aromatic rings. The van der Waals surface area contributed by atoms with Crippen molar-refractivity contribution in [2.45, 2.75) is 19.8 Å². The standard InChI is InChI=1S/C12H14N2O2/c1-2-3-8-13-12-14-10-7-5-4-6-9(10)11(15)16-12/h4-7H,2-3,8H2,1H3,(H,13,14). The van der Waals surface area contributed by atoms with Crippen LogP contribution < -0.4 is 10.9 Å². The van der Waals surface area contributed by atoms with Gasteiger partial charge < -0.3 is 9.73 Å². The molecule has 0 aliphatic heterocycles. The maximum absolute atomic E-state index is 11.6. The van der Waals surface area contributed by atoms with Gasteiger partial charge in [0.05, 0.1) is 10.9 Å². The molecule has 0 unspecified atom stereocenters. The Morgan fingerprint density at radius 2 is 2.19 bits per heavy atom. The first-order valence-electron chi connectivity index (χ1n) is 5.45. The minimum Gasteiger partial charge on any atom is -0.389 e. The second-order valence-electron chi connectivity index (χ2n) is 3.60. The van der Waals surface area contributed by atoms with Gasteiger partial charge in [0.25, 0.3) is 6.01 Å². The van der Waals surface area contributed by atoms with Crippen LogP contribution >= 0.6 is 0 Å². The van der Waals surface area contributed by atoms with Crippen molar-refractivity contribution in [3.05, 3.63) is 34.7 Å². The highest BCUT2D eigenvalue weighted by Crippen LogP contribution is 2.09. The molecular formula is C12H14N2O2. The van der Waals surface area contributed by atoms with E-state index in [0.717, 1.165) is 19.4 Å². The summed E-state index contributed by atoms with van der Waals surface area (Å²) in [5.41, 5.74) is 0.322. The molecule has 0 saturated heterocycles. The lowest BCUT2D eigenvalue weighted by molar-refractivity contribution is 0.515. The van der Waals surface area contributed by atoms with Crippen LogP contribution in [0.1, 0.15) is 19.8 Å². The van der Waals surface area contributed by atoms with Crippen LogP contribution in [0.25, 0.3) is 10.9 Å². The van der Waals surface area contributed by atoms with Crippen LogP contribution in [0.2, 0.25) is 0 Å². The minimum absolute atomic E-state index is 0.303. The minimum atomic E-state index is -0.343. The lowest BCUT2D eigenvalue weighted by Crippen LogP contribution is -2.08. The van der Waals surface area contributed by atoms with Crippen LogP contribution in [0.15, 0.2) is 33.5 Å². The molecule has 1 N–H and O–H groups in total. The average Bonchev–Trinajstić information content (AvgIpc) is 2.30. The van der Waals surface area contributed by atoms with Crippen LogP contribution in [-0.4, -0.2) is 11.5 Å². The van der Waals surface area contributed by atoms with Crippen molar-refractivity contribution in [1.82, 2.24) is 4.98 Å². The van der Waals surface area contributed by atoms with Gasteiger partial charge in [-0.3, -0.25) is 0 Å². The first-order valence-corrected chi connectivity index (χ1v) is 5.45. The monoisotopic (exact) mass is 218 g/mol. The van der Waals surface area contributed by atoms with E-state index in [1.165, 1.54) is 0 Å². The topological polar surface area (TPSA) is 55.1 Å². The zero-order valence-corrected chi connectivity index (χ0v) is 9.19. The number of rotatable bonds is 4. The van der Waals surface area contributed by atoms with Gasteiger partial charge in [-0.1, -0.05) is 25.5 Å². The fourth-order valence-corrected chi connectivity index (χ4v) is 1.47. The molecule has 4 heteroatoms. The molecule has 0 atom stereocenters. The van der Waals surface area contributed by atoms with E-state index < -0.39 is 0 Å². The quantitative estimate of drug-likeness (QED) is 0.800. The normalized spacial score (nSPS) is 10.6. The molecule has 0 amide bonds. The van der Waals surface area contributed by atoms with Gasteiger partial charge in [-0.15, -0.1) is 0 Å². The highest BCUT2D eigenvalue weighted by Gasteiger charge is 2.04. The number of nitrogens with zero attached hydrogens (tertiary/aromatic N) is 1. The van der Waals surface area contributed by atoms with E-state index in [4.69, 9.17) is 4.42 Å². The number of para-hydroxylation sites is 1. The molecule has 4 nitrogen and oxygen atoms in total. The molecule has 1 heterocycles. The summed E-state index contributed by atoms with van der Waals surface area (Å²) in [6.45, 7) is 2.87. The Morgan fingerprint density at radius 3 is 3.00 bits per heavy atom. The fourth-order valence-electron chi connectivity index (χ4n) is 1.47. The molecule has 0 aliphatic rings. The first kappa shape index (κ1) is 10.7. The zero-order chi connectivity index (χ0) is 11.4. The number of anilines is 1. The van der Waals surface area contributed by atoms with Crippen molar-refractivity contribution in [2.24, 2.45) is 0 Å². The Labute approximate surface area is 93.3 Å². The third-order valence-electron chi connectivity index (χ3n) is 2.34. The number of nitrogens with one attached hydrogen (secondary N) is 1. The van der Waals surface area contributed by atoms with E-state index in [1.54, 1.807) is 18.2 Å². The summed E-state index contributed by atoms with van der Waals surface area (Å²) in [5.74, 6) is 0. The van der Waals surface area contributed by atoms with E-state index in [9.17, 15) is 4.79 Å². The van der Waals surface area contributed by atoms with Crippen LogP contribution in [0.3, 0.4) is 0 Å². The summed E-state index contributed by atoms with van der Waals surface area (Å²) in [7, 11) is 0. The number of fused-ring (bicyclic) bond motifs is 1. The van der Waals surface area contributed by atoms with Crippen molar-refractivity contribution in [3.63, 3.8) is 0 Å². The molecule has 84 valence electrons. The maximum Gasteiger partial charge on any atom is 0.348 e. The molecule has 0 radical (unpaired) electrons. The van der Waals surface area contributed by atoms with E-state index in [2.05, 4.69) is 17.2 Å². The first-order chi connectivity index (χ1) is 7.81. The second kappa shape index (κ2) is 4.79. The molecule has 1 aromatic heterocycles. The summed E-state index contributed by atoms with van der Waals surface area (Å²) in [5, 5.41) is 3.52. The van der Waals surface area contributed by atoms with Gasteiger partial charge in [0.1, 0.15) is 0 Å². The fraction of sp³-hybridized carbons (Fsp3) is 0.333. The molecule has 16 heavy (non-hydrogen) atoms. The molecule has 0 aliphatic carbocycles. The lowest BCUT2D eigenvalue weighted by atomic mass is 10.2. The van der Waals surface area contributed by atoms with Gasteiger partial charge in [-0.05, 0) is 18.6 Å². The van der Waals surface area contributed by atoms with Gasteiger partial charge in [-0.25, -0.2) is 4.79 Å². The Bertz CT molecular complexity index is 534. The summed E-state index contributed by atoms with van der Waals surface area (Å²) in [4.78, 5) is 15.8. The molecule has 0 bridgehead atoms. The predicted molar refractivity (Wildman–Crippen MR) is 63.7 cm³/mol. The molecule has 1 aromatic carbocycles. The predicted octanol–water partition coefficient (Wildman–Crippen LogP) is 2.40. The Kier molecular flexibility index (Phi) is 3.19. The van der Waals surface area contributed by atoms with E-state index >= 15 is 0 Å². The third kappa shape index (κ3) is 2.21. The number of hydrogen-bond acceptors (Lipinski definition) is 4. The Morgan fingerprint density at radius 1 is 1.38 bits per heavy atom. The van der Waals surface area contributed by atoms with Crippen molar-refractivity contribution < 1.29 is 4.42 Å². The summed E-state index contributed by atoms with van der Waals surface area (Å²) >= 11 is 0. The molecule has 2 rings (SSSR count). The summed E-state index contributed by atoms with van der Waals surface area (Å²) in [6, 6.07) is 7.47. The average molecular weight is 218 g/mol. The number of benzene rings is 1. The largest absolute Gasteiger partial charge is 0.389 e. The number of hydrogen-bond donors (Lipinski definition) is 1. The van der Waals surface area contributed by atoms with Crippen molar-refractivity contribution in [2.75, 3.05) is 11.9 Å². The van der Waals surface area contributed by atoms with E-state index in [1.807, 2.05) is 6.07 Å². The van der Waals surface area contributed by atoms with Gasteiger partial charge >= 0.3 is 5.63 Å². The lowest BCUT2D eigenvalue weighted by Gasteiger charge is -2.03. The van der Waals surface area contributed by atoms with Crippen LogP contribution in [0, 0.1) is 0 Å². The van der Waals surface area contributed by atoms with Gasteiger partial charge in [0.2, 0.25) is 0 Å². The highest BCUT2D eigenvalue weighted by atomic mass is 16.4. The van der Waals surface area contributed by atoms with Crippen LogP contribution in [0.5, 0.6) is 0 Å². The number of aromatic nitrogens is 1. The second-order valence-corrected chi connectivity index (χ2v) is 3.60. The van der Waals surface area contributed by atoms with Crippen molar-refractivity contribution >= 4 is 16.9 Å². The van der Waals surface area contributed by atoms with Crippen molar-refractivity contribution in [1.29, 1.82) is 0 Å². The third-order valence-corrected chi connectivity index (χ3v) is 2.34. The maximum atomic E-state index is 11.6. The zero-order valence-electron chi connectivity index (χ0n) is 9.19. The van der Waals surface area contributed by atoms with Crippen LogP contribution in [0.4, 0.5) is 6.01 Å².